The fraction of sp³-hybridized carbons (Fsp3) is 0.458. The summed E-state index contributed by atoms with van der Waals surface area (Å²) in [5.41, 5.74) is 1.94. The normalized spacial score (nSPS) is 15.6. The Morgan fingerprint density at radius 1 is 1.09 bits per heavy atom. The second-order valence-corrected chi connectivity index (χ2v) is 9.04. The molecule has 1 aliphatic heterocycles. The maximum absolute atomic E-state index is 12.4. The Morgan fingerprint density at radius 3 is 2.47 bits per heavy atom. The fourth-order valence-corrected chi connectivity index (χ4v) is 3.74. The van der Waals surface area contributed by atoms with E-state index in [9.17, 15) is 14.9 Å². The minimum absolute atomic E-state index is 0.0433. The zero-order valence-corrected chi connectivity index (χ0v) is 19.2. The Labute approximate surface area is 189 Å². The molecular formula is C24H32N4O4. The van der Waals surface area contributed by atoms with Crippen molar-refractivity contribution in [1.29, 1.82) is 0 Å². The number of nitrogens with one attached hydrogen (secondary N) is 1. The maximum atomic E-state index is 12.4. The molecule has 0 spiro atoms. The number of hydrogen-bond acceptors (Lipinski definition) is 6. The van der Waals surface area contributed by atoms with E-state index in [4.69, 9.17) is 4.74 Å². The van der Waals surface area contributed by atoms with Crippen molar-refractivity contribution >= 4 is 23.2 Å². The van der Waals surface area contributed by atoms with Crippen LogP contribution in [0.2, 0.25) is 0 Å². The summed E-state index contributed by atoms with van der Waals surface area (Å²) in [5.74, 6) is 0. The molecule has 8 heteroatoms. The molecule has 0 bridgehead atoms. The second-order valence-electron chi connectivity index (χ2n) is 9.04. The molecule has 0 aliphatic carbocycles. The van der Waals surface area contributed by atoms with E-state index in [0.29, 0.717) is 25.3 Å². The Bertz CT molecular complexity index is 943. The highest BCUT2D eigenvalue weighted by molar-refractivity contribution is 5.70. The number of ether oxygens (including phenoxy) is 1. The van der Waals surface area contributed by atoms with Gasteiger partial charge in [0.1, 0.15) is 11.3 Å². The molecule has 2 aromatic rings. The number of nitro benzene ring substituents is 1. The summed E-state index contributed by atoms with van der Waals surface area (Å²) < 4.78 is 5.50. The lowest BCUT2D eigenvalue weighted by atomic mass is 10.1. The molecule has 3 rings (SSSR count). The van der Waals surface area contributed by atoms with Crippen LogP contribution in [-0.2, 0) is 4.74 Å². The number of nitrogens with zero attached hydrogens (tertiary/aromatic N) is 3. The van der Waals surface area contributed by atoms with Crippen LogP contribution in [0.1, 0.15) is 45.7 Å². The van der Waals surface area contributed by atoms with Crippen LogP contribution in [-0.4, -0.2) is 47.7 Å². The third kappa shape index (κ3) is 6.12. The van der Waals surface area contributed by atoms with Crippen LogP contribution < -0.4 is 10.2 Å². The van der Waals surface area contributed by atoms with Crippen LogP contribution in [0.4, 0.5) is 21.9 Å². The first kappa shape index (κ1) is 23.4. The Kier molecular flexibility index (Phi) is 7.22. The highest BCUT2D eigenvalue weighted by Gasteiger charge is 2.25. The lowest BCUT2D eigenvalue weighted by molar-refractivity contribution is -0.384. The summed E-state index contributed by atoms with van der Waals surface area (Å²) in [7, 11) is 0. The lowest BCUT2D eigenvalue weighted by Crippen LogP contribution is -2.39. The summed E-state index contributed by atoms with van der Waals surface area (Å²) in [4.78, 5) is 27.6. The van der Waals surface area contributed by atoms with E-state index in [1.165, 1.54) is 0 Å². The predicted molar refractivity (Wildman–Crippen MR) is 126 cm³/mol. The Hall–Kier alpha value is -3.29. The molecule has 0 aromatic heterocycles. The molecule has 1 aliphatic rings. The summed E-state index contributed by atoms with van der Waals surface area (Å²) in [6.07, 6.45) is 0.487. The molecular weight excluding hydrogens is 408 g/mol. The molecule has 0 radical (unpaired) electrons. The van der Waals surface area contributed by atoms with Gasteiger partial charge in [0.2, 0.25) is 0 Å². The van der Waals surface area contributed by atoms with Crippen LogP contribution >= 0.6 is 0 Å². The standard InChI is InChI=1S/C24H32N4O4/c1-18(19-9-6-5-7-10-19)25-21-17-20(11-12-22(21)28(30)31)26-13-8-14-27(16-15-26)23(29)32-24(2,3)4/h5-7,9-12,17-18,25H,8,13-16H2,1-4H3. The van der Waals surface area contributed by atoms with Gasteiger partial charge in [-0.05, 0) is 51.8 Å². The smallest absolute Gasteiger partial charge is 0.410 e. The van der Waals surface area contributed by atoms with Crippen LogP contribution in [0.25, 0.3) is 0 Å². The molecule has 1 unspecified atom stereocenters. The second kappa shape index (κ2) is 9.89. The van der Waals surface area contributed by atoms with E-state index in [1.54, 1.807) is 17.0 Å². The minimum Gasteiger partial charge on any atom is -0.444 e. The number of anilines is 2. The summed E-state index contributed by atoms with van der Waals surface area (Å²) in [6, 6.07) is 14.9. The number of nitro groups is 1. The number of amides is 1. The van der Waals surface area contributed by atoms with Crippen molar-refractivity contribution in [3.63, 3.8) is 0 Å². The highest BCUT2D eigenvalue weighted by atomic mass is 16.6. The quantitative estimate of drug-likeness (QED) is 0.507. The minimum atomic E-state index is -0.530. The molecule has 0 saturated carbocycles. The number of hydrogen-bond donors (Lipinski definition) is 1. The van der Waals surface area contributed by atoms with Gasteiger partial charge in [0, 0.05) is 44.0 Å². The number of benzene rings is 2. The third-order valence-corrected chi connectivity index (χ3v) is 5.36. The van der Waals surface area contributed by atoms with Gasteiger partial charge in [0.15, 0.2) is 0 Å². The zero-order chi connectivity index (χ0) is 23.3. The maximum Gasteiger partial charge on any atom is 0.410 e. The third-order valence-electron chi connectivity index (χ3n) is 5.36. The van der Waals surface area contributed by atoms with E-state index in [-0.39, 0.29) is 22.7 Å². The van der Waals surface area contributed by atoms with Gasteiger partial charge in [0.25, 0.3) is 5.69 Å². The van der Waals surface area contributed by atoms with Gasteiger partial charge in [0.05, 0.1) is 4.92 Å². The average Bonchev–Trinajstić information content (AvgIpc) is 2.99. The van der Waals surface area contributed by atoms with Crippen LogP contribution in [0.3, 0.4) is 0 Å². The average molecular weight is 441 g/mol. The largest absolute Gasteiger partial charge is 0.444 e. The first-order valence-corrected chi connectivity index (χ1v) is 11.0. The van der Waals surface area contributed by atoms with Gasteiger partial charge < -0.3 is 19.9 Å². The summed E-state index contributed by atoms with van der Waals surface area (Å²) >= 11 is 0. The molecule has 1 saturated heterocycles. The number of carbonyl (C=O) groups is 1. The van der Waals surface area contributed by atoms with Crippen molar-refractivity contribution in [2.24, 2.45) is 0 Å². The van der Waals surface area contributed by atoms with Crippen molar-refractivity contribution in [2.45, 2.75) is 45.8 Å². The monoisotopic (exact) mass is 440 g/mol. The van der Waals surface area contributed by atoms with Crippen LogP contribution in [0.5, 0.6) is 0 Å². The molecule has 1 amide bonds. The van der Waals surface area contributed by atoms with Crippen molar-refractivity contribution in [1.82, 2.24) is 4.90 Å². The first-order valence-electron chi connectivity index (χ1n) is 11.0. The SMILES string of the molecule is CC(Nc1cc(N2CCCN(C(=O)OC(C)(C)C)CC2)ccc1[N+](=O)[O-])c1ccccc1. The van der Waals surface area contributed by atoms with Gasteiger partial charge in [-0.25, -0.2) is 4.79 Å². The van der Waals surface area contributed by atoms with Crippen molar-refractivity contribution < 1.29 is 14.5 Å². The van der Waals surface area contributed by atoms with E-state index in [0.717, 1.165) is 24.2 Å². The Balaban J connectivity index is 1.76. The van der Waals surface area contributed by atoms with Gasteiger partial charge >= 0.3 is 6.09 Å². The van der Waals surface area contributed by atoms with Crippen molar-refractivity contribution in [3.8, 4) is 0 Å². The number of carbonyl (C=O) groups excluding carboxylic acids is 1. The molecule has 2 aromatic carbocycles. The van der Waals surface area contributed by atoms with Gasteiger partial charge in [-0.1, -0.05) is 30.3 Å². The van der Waals surface area contributed by atoms with Crippen LogP contribution in [0, 0.1) is 10.1 Å². The van der Waals surface area contributed by atoms with E-state index < -0.39 is 5.60 Å². The fourth-order valence-electron chi connectivity index (χ4n) is 3.74. The predicted octanol–water partition coefficient (Wildman–Crippen LogP) is 5.22. The molecule has 1 N–H and O–H groups in total. The van der Waals surface area contributed by atoms with Gasteiger partial charge in [-0.3, -0.25) is 10.1 Å². The topological polar surface area (TPSA) is 88.0 Å². The number of rotatable bonds is 5. The van der Waals surface area contributed by atoms with Gasteiger partial charge in [-0.15, -0.1) is 0 Å². The lowest BCUT2D eigenvalue weighted by Gasteiger charge is -2.27. The molecule has 8 nitrogen and oxygen atoms in total. The van der Waals surface area contributed by atoms with Crippen molar-refractivity contribution in [2.75, 3.05) is 36.4 Å². The van der Waals surface area contributed by atoms with E-state index >= 15 is 0 Å². The summed E-state index contributed by atoms with van der Waals surface area (Å²) in [5, 5.41) is 14.9. The molecule has 1 fully saturated rings. The zero-order valence-electron chi connectivity index (χ0n) is 19.2. The molecule has 1 atom stereocenters. The molecule has 32 heavy (non-hydrogen) atoms. The summed E-state index contributed by atoms with van der Waals surface area (Å²) in [6.45, 7) is 10.1. The Morgan fingerprint density at radius 2 is 1.81 bits per heavy atom. The first-order chi connectivity index (χ1) is 15.1. The molecule has 172 valence electrons. The molecule has 1 heterocycles. The van der Waals surface area contributed by atoms with Crippen LogP contribution in [0.15, 0.2) is 48.5 Å². The van der Waals surface area contributed by atoms with E-state index in [2.05, 4.69) is 10.2 Å². The highest BCUT2D eigenvalue weighted by Crippen LogP contribution is 2.33. The van der Waals surface area contributed by atoms with Crippen molar-refractivity contribution in [3.05, 3.63) is 64.2 Å². The van der Waals surface area contributed by atoms with E-state index in [1.807, 2.05) is 64.1 Å². The van der Waals surface area contributed by atoms with Gasteiger partial charge in [-0.2, -0.15) is 0 Å².